The van der Waals surface area contributed by atoms with Crippen LogP contribution in [-0.4, -0.2) is 15.1 Å². The van der Waals surface area contributed by atoms with Crippen molar-refractivity contribution in [2.24, 2.45) is 5.92 Å². The molecule has 0 fully saturated rings. The molecular formula is C22H18N2O4. The zero-order chi connectivity index (χ0) is 19.4. The molecule has 3 N–H and O–H groups in total. The summed E-state index contributed by atoms with van der Waals surface area (Å²) in [6, 6.07) is 13.8. The van der Waals surface area contributed by atoms with Gasteiger partial charge in [-0.3, -0.25) is 10.1 Å². The summed E-state index contributed by atoms with van der Waals surface area (Å²) < 4.78 is 0. The van der Waals surface area contributed by atoms with Crippen molar-refractivity contribution < 1.29 is 15.1 Å². The fourth-order valence-electron chi connectivity index (χ4n) is 4.73. The number of benzene rings is 3. The van der Waals surface area contributed by atoms with E-state index in [1.165, 1.54) is 12.1 Å². The number of nitro groups is 1. The van der Waals surface area contributed by atoms with Crippen LogP contribution in [0.3, 0.4) is 0 Å². The third kappa shape index (κ3) is 2.27. The predicted molar refractivity (Wildman–Crippen MR) is 107 cm³/mol. The highest BCUT2D eigenvalue weighted by molar-refractivity contribution is 5.89. The van der Waals surface area contributed by atoms with Crippen LogP contribution < -0.4 is 5.32 Å². The van der Waals surface area contributed by atoms with Crippen LogP contribution in [0.15, 0.2) is 60.7 Å². The second-order valence-electron chi connectivity index (χ2n) is 7.34. The van der Waals surface area contributed by atoms with Crippen molar-refractivity contribution in [2.75, 3.05) is 5.32 Å². The first kappa shape index (κ1) is 16.6. The van der Waals surface area contributed by atoms with E-state index in [0.29, 0.717) is 11.3 Å². The molecule has 5 rings (SSSR count). The Morgan fingerprint density at radius 2 is 1.79 bits per heavy atom. The fourth-order valence-corrected chi connectivity index (χ4v) is 4.73. The molecule has 0 saturated heterocycles. The maximum absolute atomic E-state index is 11.6. The lowest BCUT2D eigenvalue weighted by Gasteiger charge is -2.38. The van der Waals surface area contributed by atoms with Gasteiger partial charge >= 0.3 is 0 Å². The van der Waals surface area contributed by atoms with Crippen molar-refractivity contribution in [3.63, 3.8) is 0 Å². The SMILES string of the molecule is O=[N+]([O-])c1ccc(O)c2c1C1C=CCC1C(c1c(O)ccc3ccccc13)N2. The predicted octanol–water partition coefficient (Wildman–Crippen LogP) is 4.99. The highest BCUT2D eigenvalue weighted by Gasteiger charge is 2.43. The Balaban J connectivity index is 1.75. The van der Waals surface area contributed by atoms with Crippen molar-refractivity contribution in [3.05, 3.63) is 81.9 Å². The summed E-state index contributed by atoms with van der Waals surface area (Å²) in [7, 11) is 0. The number of rotatable bonds is 2. The van der Waals surface area contributed by atoms with E-state index in [1.54, 1.807) is 6.07 Å². The molecule has 0 aromatic heterocycles. The molecule has 6 heteroatoms. The Labute approximate surface area is 160 Å². The van der Waals surface area contributed by atoms with Crippen molar-refractivity contribution in [3.8, 4) is 11.5 Å². The lowest BCUT2D eigenvalue weighted by atomic mass is 9.75. The Morgan fingerprint density at radius 1 is 1.00 bits per heavy atom. The molecule has 28 heavy (non-hydrogen) atoms. The van der Waals surface area contributed by atoms with Gasteiger partial charge in [-0.15, -0.1) is 0 Å². The molecule has 1 heterocycles. The van der Waals surface area contributed by atoms with Gasteiger partial charge in [-0.25, -0.2) is 0 Å². The zero-order valence-electron chi connectivity index (χ0n) is 14.9. The zero-order valence-corrected chi connectivity index (χ0v) is 14.9. The Bertz CT molecular complexity index is 1150. The van der Waals surface area contributed by atoms with E-state index in [1.807, 2.05) is 42.5 Å². The first-order valence-corrected chi connectivity index (χ1v) is 9.20. The van der Waals surface area contributed by atoms with Gasteiger partial charge in [0.05, 0.1) is 22.2 Å². The summed E-state index contributed by atoms with van der Waals surface area (Å²) in [4.78, 5) is 11.2. The second-order valence-corrected chi connectivity index (χ2v) is 7.34. The van der Waals surface area contributed by atoms with Crippen molar-refractivity contribution >= 4 is 22.1 Å². The van der Waals surface area contributed by atoms with Gasteiger partial charge in [0, 0.05) is 17.5 Å². The van der Waals surface area contributed by atoms with E-state index in [9.17, 15) is 20.3 Å². The summed E-state index contributed by atoms with van der Waals surface area (Å²) >= 11 is 0. The van der Waals surface area contributed by atoms with Crippen LogP contribution in [0, 0.1) is 16.0 Å². The molecule has 0 spiro atoms. The summed E-state index contributed by atoms with van der Waals surface area (Å²) in [6.45, 7) is 0. The number of phenolic OH excluding ortho intramolecular Hbond substituents is 2. The first-order valence-electron chi connectivity index (χ1n) is 9.20. The van der Waals surface area contributed by atoms with Crippen LogP contribution in [0.25, 0.3) is 10.8 Å². The maximum atomic E-state index is 11.6. The van der Waals surface area contributed by atoms with Gasteiger partial charge < -0.3 is 15.5 Å². The van der Waals surface area contributed by atoms with Gasteiger partial charge in [-0.1, -0.05) is 42.5 Å². The summed E-state index contributed by atoms with van der Waals surface area (Å²) in [5.74, 6) is -0.0453. The average molecular weight is 374 g/mol. The number of nitro benzene ring substituents is 1. The molecule has 1 aliphatic heterocycles. The third-order valence-corrected chi connectivity index (χ3v) is 5.93. The number of aromatic hydroxyl groups is 2. The number of anilines is 1. The molecular weight excluding hydrogens is 356 g/mol. The minimum absolute atomic E-state index is 0.00226. The quantitative estimate of drug-likeness (QED) is 0.254. The number of allylic oxidation sites excluding steroid dienone is 2. The minimum atomic E-state index is -0.404. The van der Waals surface area contributed by atoms with Crippen LogP contribution >= 0.6 is 0 Å². The van der Waals surface area contributed by atoms with Crippen LogP contribution in [0.1, 0.15) is 29.5 Å². The molecule has 0 amide bonds. The molecule has 0 bridgehead atoms. The highest BCUT2D eigenvalue weighted by Crippen LogP contribution is 2.56. The van der Waals surface area contributed by atoms with Crippen molar-refractivity contribution in [1.82, 2.24) is 0 Å². The fraction of sp³-hybridized carbons (Fsp3) is 0.182. The van der Waals surface area contributed by atoms with Crippen LogP contribution in [-0.2, 0) is 0 Å². The van der Waals surface area contributed by atoms with Gasteiger partial charge in [-0.2, -0.15) is 0 Å². The Hall–Kier alpha value is -3.54. The van der Waals surface area contributed by atoms with Crippen molar-refractivity contribution in [1.29, 1.82) is 0 Å². The monoisotopic (exact) mass is 374 g/mol. The smallest absolute Gasteiger partial charge is 0.275 e. The topological polar surface area (TPSA) is 95.6 Å². The molecule has 3 unspecified atom stereocenters. The summed E-state index contributed by atoms with van der Waals surface area (Å²) in [6.07, 6.45) is 4.73. The average Bonchev–Trinajstić information content (AvgIpc) is 3.18. The number of hydrogen-bond donors (Lipinski definition) is 3. The molecule has 2 aliphatic rings. The third-order valence-electron chi connectivity index (χ3n) is 5.93. The molecule has 0 saturated carbocycles. The Morgan fingerprint density at radius 3 is 2.61 bits per heavy atom. The minimum Gasteiger partial charge on any atom is -0.508 e. The van der Waals surface area contributed by atoms with Gasteiger partial charge in [0.2, 0.25) is 0 Å². The van der Waals surface area contributed by atoms with E-state index in [0.717, 1.165) is 22.8 Å². The van der Waals surface area contributed by atoms with Crippen LogP contribution in [0.4, 0.5) is 11.4 Å². The van der Waals surface area contributed by atoms with E-state index >= 15 is 0 Å². The highest BCUT2D eigenvalue weighted by atomic mass is 16.6. The molecule has 3 aromatic carbocycles. The number of fused-ring (bicyclic) bond motifs is 4. The molecule has 0 radical (unpaired) electrons. The number of nitrogens with zero attached hydrogens (tertiary/aromatic N) is 1. The van der Waals surface area contributed by atoms with E-state index in [-0.39, 0.29) is 35.1 Å². The standard InChI is InChI=1S/C22H18N2O4/c25-17-10-8-12-4-1-2-5-13(12)20(17)21-15-7-3-6-14(15)19-16(24(27)28)9-11-18(26)22(19)23-21/h1-6,8-11,14-15,21,23,25-26H,7H2. The van der Waals surface area contributed by atoms with Gasteiger partial charge in [0.25, 0.3) is 5.69 Å². The lowest BCUT2D eigenvalue weighted by Crippen LogP contribution is -2.30. The normalized spacial score (nSPS) is 22.5. The molecule has 3 aromatic rings. The number of phenols is 2. The van der Waals surface area contributed by atoms with E-state index in [2.05, 4.69) is 5.32 Å². The van der Waals surface area contributed by atoms with Gasteiger partial charge in [0.1, 0.15) is 11.5 Å². The molecule has 6 nitrogen and oxygen atoms in total. The summed E-state index contributed by atoms with van der Waals surface area (Å²) in [5, 5.41) is 38.0. The second kappa shape index (κ2) is 5.99. The first-order chi connectivity index (χ1) is 13.6. The van der Waals surface area contributed by atoms with Gasteiger partial charge in [0.15, 0.2) is 0 Å². The maximum Gasteiger partial charge on any atom is 0.275 e. The van der Waals surface area contributed by atoms with Crippen LogP contribution in [0.2, 0.25) is 0 Å². The molecule has 3 atom stereocenters. The largest absolute Gasteiger partial charge is 0.508 e. The van der Waals surface area contributed by atoms with Crippen LogP contribution in [0.5, 0.6) is 11.5 Å². The lowest BCUT2D eigenvalue weighted by molar-refractivity contribution is -0.385. The number of nitrogens with one attached hydrogen (secondary N) is 1. The summed E-state index contributed by atoms with van der Waals surface area (Å²) in [5.41, 5.74) is 1.65. The number of hydrogen-bond acceptors (Lipinski definition) is 5. The molecule has 1 aliphatic carbocycles. The van der Waals surface area contributed by atoms with Gasteiger partial charge in [-0.05, 0) is 35.2 Å². The Kier molecular flexibility index (Phi) is 3.55. The van der Waals surface area contributed by atoms with Crippen molar-refractivity contribution in [2.45, 2.75) is 18.4 Å². The van der Waals surface area contributed by atoms with E-state index < -0.39 is 4.92 Å². The molecule has 140 valence electrons. The van der Waals surface area contributed by atoms with E-state index in [4.69, 9.17) is 0 Å².